The number of allylic oxidation sites excluding steroid dienone is 2. The van der Waals surface area contributed by atoms with Crippen molar-refractivity contribution in [1.82, 2.24) is 5.32 Å². The van der Waals surface area contributed by atoms with Gasteiger partial charge in [-0.05, 0) is 44.2 Å². The summed E-state index contributed by atoms with van der Waals surface area (Å²) in [5.74, 6) is 2.28. The Balaban J connectivity index is 2.08. The van der Waals surface area contributed by atoms with Crippen molar-refractivity contribution in [3.05, 3.63) is 77.5 Å². The number of aliphatic imine (C=N–C) groups is 1. The minimum Gasteiger partial charge on any atom is -0.497 e. The van der Waals surface area contributed by atoms with Gasteiger partial charge in [-0.1, -0.05) is 24.3 Å². The molecule has 1 atom stereocenters. The molecule has 3 rings (SSSR count). The zero-order valence-corrected chi connectivity index (χ0v) is 17.1. The maximum absolute atomic E-state index is 5.62. The van der Waals surface area contributed by atoms with E-state index in [0.717, 1.165) is 39.8 Å². The molecule has 0 aliphatic carbocycles. The van der Waals surface area contributed by atoms with Gasteiger partial charge in [0.1, 0.15) is 17.3 Å². The van der Waals surface area contributed by atoms with Crippen LogP contribution < -0.4 is 19.7 Å². The SMILES string of the molecule is C=C(C=C(C)C)NC1=NC(c2ccc(OC)cc2OC)N(C)c2ccccc21. The summed E-state index contributed by atoms with van der Waals surface area (Å²) >= 11 is 0. The second-order valence-electron chi connectivity index (χ2n) is 6.96. The van der Waals surface area contributed by atoms with Gasteiger partial charge in [0.15, 0.2) is 6.17 Å². The molecule has 1 N–H and O–H groups in total. The third kappa shape index (κ3) is 3.88. The van der Waals surface area contributed by atoms with E-state index in [4.69, 9.17) is 14.5 Å². The molecule has 1 heterocycles. The number of amidine groups is 1. The first-order chi connectivity index (χ1) is 13.4. The van der Waals surface area contributed by atoms with E-state index in [2.05, 4.69) is 28.9 Å². The Bertz CT molecular complexity index is 943. The van der Waals surface area contributed by atoms with Crippen molar-refractivity contribution >= 4 is 11.5 Å². The predicted octanol–water partition coefficient (Wildman–Crippen LogP) is 4.67. The standard InChI is InChI=1S/C23H27N3O2/c1-15(2)13-16(3)24-22-18-9-7-8-10-20(18)26(4)23(25-22)19-12-11-17(27-5)14-21(19)28-6/h7-14,23H,3H2,1-2,4-6H3,(H,24,25). The van der Waals surface area contributed by atoms with Crippen LogP contribution in [0, 0.1) is 0 Å². The van der Waals surface area contributed by atoms with Gasteiger partial charge in [0.05, 0.1) is 14.2 Å². The number of rotatable bonds is 5. The van der Waals surface area contributed by atoms with Gasteiger partial charge in [0, 0.05) is 35.6 Å². The van der Waals surface area contributed by atoms with Crippen molar-refractivity contribution in [3.8, 4) is 11.5 Å². The predicted molar refractivity (Wildman–Crippen MR) is 115 cm³/mol. The number of benzene rings is 2. The van der Waals surface area contributed by atoms with Crippen LogP contribution in [0.25, 0.3) is 0 Å². The summed E-state index contributed by atoms with van der Waals surface area (Å²) in [4.78, 5) is 7.15. The highest BCUT2D eigenvalue weighted by molar-refractivity contribution is 6.06. The lowest BCUT2D eigenvalue weighted by Crippen LogP contribution is -2.35. The third-order valence-corrected chi connectivity index (χ3v) is 4.62. The molecule has 146 valence electrons. The highest BCUT2D eigenvalue weighted by atomic mass is 16.5. The van der Waals surface area contributed by atoms with E-state index in [9.17, 15) is 0 Å². The number of para-hydroxylation sites is 1. The van der Waals surface area contributed by atoms with Gasteiger partial charge in [-0.3, -0.25) is 0 Å². The molecule has 1 aliphatic heterocycles. The summed E-state index contributed by atoms with van der Waals surface area (Å²) in [7, 11) is 5.35. The van der Waals surface area contributed by atoms with Crippen molar-refractivity contribution in [2.45, 2.75) is 20.0 Å². The van der Waals surface area contributed by atoms with E-state index >= 15 is 0 Å². The van der Waals surface area contributed by atoms with E-state index in [0.29, 0.717) is 0 Å². The summed E-state index contributed by atoms with van der Waals surface area (Å²) in [6, 6.07) is 14.0. The summed E-state index contributed by atoms with van der Waals surface area (Å²) in [6.45, 7) is 8.20. The second kappa shape index (κ2) is 8.21. The quantitative estimate of drug-likeness (QED) is 0.769. The Morgan fingerprint density at radius 1 is 1.14 bits per heavy atom. The molecule has 0 saturated heterocycles. The molecule has 1 aliphatic rings. The number of fused-ring (bicyclic) bond motifs is 1. The number of ether oxygens (including phenoxy) is 2. The van der Waals surface area contributed by atoms with Crippen LogP contribution in [0.4, 0.5) is 5.69 Å². The van der Waals surface area contributed by atoms with Crippen LogP contribution in [0.5, 0.6) is 11.5 Å². The van der Waals surface area contributed by atoms with Gasteiger partial charge in [-0.25, -0.2) is 4.99 Å². The Labute approximate surface area is 167 Å². The molecule has 0 fully saturated rings. The van der Waals surface area contributed by atoms with Crippen LogP contribution in [0.15, 0.2) is 71.4 Å². The third-order valence-electron chi connectivity index (χ3n) is 4.62. The molecule has 5 heteroatoms. The van der Waals surface area contributed by atoms with Crippen LogP contribution in [0.3, 0.4) is 0 Å². The zero-order chi connectivity index (χ0) is 20.3. The maximum Gasteiger partial charge on any atom is 0.152 e. The van der Waals surface area contributed by atoms with E-state index in [1.165, 1.54) is 5.57 Å². The van der Waals surface area contributed by atoms with E-state index in [1.807, 2.05) is 57.3 Å². The Hall–Kier alpha value is -3.21. The molecule has 0 aromatic heterocycles. The number of hydrogen-bond acceptors (Lipinski definition) is 5. The van der Waals surface area contributed by atoms with Gasteiger partial charge in [0.2, 0.25) is 0 Å². The molecule has 2 aromatic rings. The smallest absolute Gasteiger partial charge is 0.152 e. The molecular formula is C23H27N3O2. The van der Waals surface area contributed by atoms with E-state index in [1.54, 1.807) is 14.2 Å². The van der Waals surface area contributed by atoms with Crippen molar-refractivity contribution in [2.24, 2.45) is 4.99 Å². The fraction of sp³-hybridized carbons (Fsp3) is 0.261. The number of anilines is 1. The van der Waals surface area contributed by atoms with Crippen molar-refractivity contribution in [2.75, 3.05) is 26.2 Å². The Morgan fingerprint density at radius 3 is 2.57 bits per heavy atom. The first-order valence-electron chi connectivity index (χ1n) is 9.17. The van der Waals surface area contributed by atoms with Crippen LogP contribution >= 0.6 is 0 Å². The lowest BCUT2D eigenvalue weighted by molar-refractivity contribution is 0.388. The molecule has 0 bridgehead atoms. The Morgan fingerprint density at radius 2 is 1.89 bits per heavy atom. The molecule has 28 heavy (non-hydrogen) atoms. The molecule has 0 saturated carbocycles. The van der Waals surface area contributed by atoms with E-state index < -0.39 is 0 Å². The Kier molecular flexibility index (Phi) is 5.73. The number of hydrogen-bond donors (Lipinski definition) is 1. The number of nitrogens with one attached hydrogen (secondary N) is 1. The van der Waals surface area contributed by atoms with Crippen LogP contribution in [0.2, 0.25) is 0 Å². The topological polar surface area (TPSA) is 46.1 Å². The molecular weight excluding hydrogens is 350 g/mol. The molecule has 5 nitrogen and oxygen atoms in total. The molecule has 2 aromatic carbocycles. The fourth-order valence-corrected chi connectivity index (χ4v) is 3.34. The first-order valence-corrected chi connectivity index (χ1v) is 9.17. The highest BCUT2D eigenvalue weighted by Gasteiger charge is 2.28. The first kappa shape index (κ1) is 19.5. The summed E-state index contributed by atoms with van der Waals surface area (Å²) < 4.78 is 11.0. The van der Waals surface area contributed by atoms with Crippen LogP contribution in [-0.4, -0.2) is 27.1 Å². The zero-order valence-electron chi connectivity index (χ0n) is 17.1. The normalized spacial score (nSPS) is 15.2. The number of nitrogens with zero attached hydrogens (tertiary/aromatic N) is 2. The number of methoxy groups -OCH3 is 2. The monoisotopic (exact) mass is 377 g/mol. The van der Waals surface area contributed by atoms with E-state index in [-0.39, 0.29) is 6.17 Å². The molecule has 0 spiro atoms. The van der Waals surface area contributed by atoms with Crippen molar-refractivity contribution in [3.63, 3.8) is 0 Å². The van der Waals surface area contributed by atoms with Crippen molar-refractivity contribution in [1.29, 1.82) is 0 Å². The molecule has 1 unspecified atom stereocenters. The fourth-order valence-electron chi connectivity index (χ4n) is 3.34. The largest absolute Gasteiger partial charge is 0.497 e. The van der Waals surface area contributed by atoms with Crippen LogP contribution in [-0.2, 0) is 0 Å². The average molecular weight is 377 g/mol. The van der Waals surface area contributed by atoms with Gasteiger partial charge in [-0.15, -0.1) is 0 Å². The molecule has 0 radical (unpaired) electrons. The summed E-state index contributed by atoms with van der Waals surface area (Å²) in [5.41, 5.74) is 5.07. The maximum atomic E-state index is 5.62. The highest BCUT2D eigenvalue weighted by Crippen LogP contribution is 2.39. The average Bonchev–Trinajstić information content (AvgIpc) is 2.69. The van der Waals surface area contributed by atoms with Gasteiger partial charge in [-0.2, -0.15) is 0 Å². The molecule has 0 amide bonds. The van der Waals surface area contributed by atoms with Crippen LogP contribution in [0.1, 0.15) is 31.1 Å². The van der Waals surface area contributed by atoms with Crippen molar-refractivity contribution < 1.29 is 9.47 Å². The lowest BCUT2D eigenvalue weighted by Gasteiger charge is -2.35. The lowest BCUT2D eigenvalue weighted by atomic mass is 10.0. The summed E-state index contributed by atoms with van der Waals surface area (Å²) in [5, 5.41) is 3.37. The minimum atomic E-state index is -0.238. The minimum absolute atomic E-state index is 0.238. The summed E-state index contributed by atoms with van der Waals surface area (Å²) in [6.07, 6.45) is 1.77. The second-order valence-corrected chi connectivity index (χ2v) is 6.96. The van der Waals surface area contributed by atoms with Gasteiger partial charge in [0.25, 0.3) is 0 Å². The van der Waals surface area contributed by atoms with Gasteiger partial charge >= 0.3 is 0 Å². The van der Waals surface area contributed by atoms with Gasteiger partial charge < -0.3 is 19.7 Å².